The van der Waals surface area contributed by atoms with Crippen molar-refractivity contribution in [1.82, 2.24) is 21.3 Å². The third kappa shape index (κ3) is 20.7. The smallest absolute Gasteiger partial charge is 0.228 e. The van der Waals surface area contributed by atoms with Gasteiger partial charge < -0.3 is 40.2 Å². The Morgan fingerprint density at radius 3 is 0.878 bits per heavy atom. The molecule has 4 N–H and O–H groups in total. The van der Waals surface area contributed by atoms with Gasteiger partial charge in [-0.05, 0) is 49.8 Å². The first-order valence-corrected chi connectivity index (χ1v) is 15.1. The highest BCUT2D eigenvalue weighted by Gasteiger charge is 2.33. The molecule has 24 nitrogen and oxygen atoms in total. The maximum Gasteiger partial charge on any atom is 0.228 e. The van der Waals surface area contributed by atoms with Crippen LogP contribution in [0.15, 0.2) is 20.5 Å². The highest BCUT2D eigenvalue weighted by Crippen LogP contribution is 2.21. The Balaban J connectivity index is 5.57. The molecule has 49 heavy (non-hydrogen) atoms. The van der Waals surface area contributed by atoms with Crippen molar-refractivity contribution >= 4 is 23.6 Å². The van der Waals surface area contributed by atoms with E-state index in [2.05, 4.69) is 61.4 Å². The molecular weight excluding hydrogens is 652 g/mol. The molecular formula is C25H44N16O8. The number of carbonyl (C=O) groups excluding carboxylic acids is 4. The number of ether oxygens (including phenoxy) is 4. The molecule has 0 aliphatic heterocycles. The molecule has 0 bridgehead atoms. The standard InChI is InChI=1S/C25H44N16O8/c1-17(34-38-26)21(42)30-5-9-46-13-25(14-47-10-6-31-22(43)18(2)35-39-27,15-48-11-7-32-23(44)19(3)36-40-28)16-49-12-8-33-24(45)20(4)37-41-29/h17-20H,5-16H2,1-4H3,(H,30,42)(H,31,43)(H,32,44)(H,33,45). The van der Waals surface area contributed by atoms with Gasteiger partial charge in [0.15, 0.2) is 0 Å². The lowest BCUT2D eigenvalue weighted by Crippen LogP contribution is -2.44. The van der Waals surface area contributed by atoms with E-state index in [1.165, 1.54) is 27.7 Å². The summed E-state index contributed by atoms with van der Waals surface area (Å²) in [6, 6.07) is -3.67. The molecule has 0 heterocycles. The van der Waals surface area contributed by atoms with Crippen LogP contribution in [0.4, 0.5) is 0 Å². The largest absolute Gasteiger partial charge is 0.379 e. The van der Waals surface area contributed by atoms with Crippen LogP contribution in [-0.4, -0.2) is 127 Å². The van der Waals surface area contributed by atoms with Crippen LogP contribution in [0.1, 0.15) is 27.7 Å². The monoisotopic (exact) mass is 696 g/mol. The quantitative estimate of drug-likeness (QED) is 0.0398. The van der Waals surface area contributed by atoms with Crippen molar-refractivity contribution in [3.05, 3.63) is 41.8 Å². The van der Waals surface area contributed by atoms with Crippen LogP contribution in [0.5, 0.6) is 0 Å². The summed E-state index contributed by atoms with van der Waals surface area (Å²) in [7, 11) is 0. The summed E-state index contributed by atoms with van der Waals surface area (Å²) in [5.74, 6) is -1.97. The van der Waals surface area contributed by atoms with Gasteiger partial charge in [-0.25, -0.2) is 0 Å². The van der Waals surface area contributed by atoms with Crippen LogP contribution in [0.2, 0.25) is 0 Å². The third-order valence-electron chi connectivity index (χ3n) is 6.23. The van der Waals surface area contributed by atoms with E-state index in [0.29, 0.717) is 0 Å². The van der Waals surface area contributed by atoms with Gasteiger partial charge >= 0.3 is 0 Å². The van der Waals surface area contributed by atoms with Crippen molar-refractivity contribution in [2.45, 2.75) is 51.9 Å². The van der Waals surface area contributed by atoms with Crippen LogP contribution >= 0.6 is 0 Å². The zero-order valence-electron chi connectivity index (χ0n) is 27.9. The zero-order valence-corrected chi connectivity index (χ0v) is 27.9. The normalized spacial score (nSPS) is 14.0. The summed E-state index contributed by atoms with van der Waals surface area (Å²) in [6.07, 6.45) is 0. The molecule has 0 aliphatic rings. The molecule has 0 aromatic rings. The number of azide groups is 4. The molecule has 0 aromatic carbocycles. The van der Waals surface area contributed by atoms with Crippen LogP contribution in [-0.2, 0) is 38.1 Å². The summed E-state index contributed by atoms with van der Waals surface area (Å²) >= 11 is 0. The van der Waals surface area contributed by atoms with E-state index in [0.717, 1.165) is 0 Å². The number of hydrogen-bond acceptors (Lipinski definition) is 12. The number of carbonyl (C=O) groups is 4. The second kappa shape index (κ2) is 27.0. The Bertz CT molecular complexity index is 1060. The summed E-state index contributed by atoms with van der Waals surface area (Å²) in [5.41, 5.74) is 33.1. The molecule has 0 fully saturated rings. The molecule has 272 valence electrons. The van der Waals surface area contributed by atoms with Crippen LogP contribution < -0.4 is 21.3 Å². The predicted molar refractivity (Wildman–Crippen MR) is 172 cm³/mol. The lowest BCUT2D eigenvalue weighted by Gasteiger charge is -2.33. The lowest BCUT2D eigenvalue weighted by molar-refractivity contribution is -0.123. The van der Waals surface area contributed by atoms with Gasteiger partial charge in [0.1, 0.15) is 24.2 Å². The molecule has 4 atom stereocenters. The van der Waals surface area contributed by atoms with Gasteiger partial charge in [-0.15, -0.1) is 0 Å². The maximum absolute atomic E-state index is 12.0. The van der Waals surface area contributed by atoms with Crippen molar-refractivity contribution in [3.63, 3.8) is 0 Å². The van der Waals surface area contributed by atoms with Crippen molar-refractivity contribution < 1.29 is 38.1 Å². The van der Waals surface area contributed by atoms with E-state index in [4.69, 9.17) is 41.1 Å². The summed E-state index contributed by atoms with van der Waals surface area (Å²) in [6.45, 7) is 6.20. The van der Waals surface area contributed by atoms with Gasteiger partial charge in [0, 0.05) is 45.8 Å². The molecule has 0 saturated carbocycles. The Kier molecular flexibility index (Phi) is 24.2. The number of rotatable bonds is 28. The van der Waals surface area contributed by atoms with Crippen molar-refractivity contribution in [2.75, 3.05) is 79.0 Å². The number of amides is 4. The van der Waals surface area contributed by atoms with Crippen molar-refractivity contribution in [3.8, 4) is 0 Å². The average Bonchev–Trinajstić information content (AvgIpc) is 3.07. The van der Waals surface area contributed by atoms with E-state index in [1.54, 1.807) is 0 Å². The summed E-state index contributed by atoms with van der Waals surface area (Å²) in [5, 5.41) is 23.7. The predicted octanol–water partition coefficient (Wildman–Crippen LogP) is 1.30. The molecule has 0 aromatic heterocycles. The lowest BCUT2D eigenvalue weighted by atomic mass is 9.92. The molecule has 0 saturated heterocycles. The number of nitrogens with zero attached hydrogens (tertiary/aromatic N) is 12. The number of hydrogen-bond donors (Lipinski definition) is 4. The Labute approximate surface area is 281 Å². The Morgan fingerprint density at radius 1 is 0.490 bits per heavy atom. The molecule has 4 unspecified atom stereocenters. The molecule has 0 rings (SSSR count). The van der Waals surface area contributed by atoms with Gasteiger partial charge in [0.25, 0.3) is 0 Å². The minimum Gasteiger partial charge on any atom is -0.379 e. The van der Waals surface area contributed by atoms with Crippen molar-refractivity contribution in [1.29, 1.82) is 0 Å². The second-order valence-corrected chi connectivity index (χ2v) is 10.4. The average molecular weight is 697 g/mol. The highest BCUT2D eigenvalue weighted by molar-refractivity contribution is 5.82. The summed E-state index contributed by atoms with van der Waals surface area (Å²) in [4.78, 5) is 58.5. The first-order chi connectivity index (χ1) is 23.5. The molecule has 0 aliphatic carbocycles. The van der Waals surface area contributed by atoms with Gasteiger partial charge in [0.05, 0.1) is 58.3 Å². The highest BCUT2D eigenvalue weighted by atomic mass is 16.5. The zero-order chi connectivity index (χ0) is 36.9. The molecule has 0 spiro atoms. The molecule has 4 amide bonds. The minimum absolute atomic E-state index is 0.0182. The topological polar surface area (TPSA) is 348 Å². The molecule has 24 heteroatoms. The van der Waals surface area contributed by atoms with Gasteiger partial charge in [-0.3, -0.25) is 19.2 Å². The minimum atomic E-state index is -0.990. The first-order valence-electron chi connectivity index (χ1n) is 15.1. The second-order valence-electron chi connectivity index (χ2n) is 10.4. The van der Waals surface area contributed by atoms with Gasteiger partial charge in [0.2, 0.25) is 23.6 Å². The SMILES string of the molecule is CC(N=[N+]=[N-])C(=O)NCCOCC(COCCNC(=O)C(C)N=[N+]=[N-])(COCCNC(=O)C(C)N=[N+]=[N-])COCCNC(=O)C(C)N=[N+]=[N-]. The van der Waals surface area contributed by atoms with E-state index >= 15 is 0 Å². The van der Waals surface area contributed by atoms with Crippen LogP contribution in [0.25, 0.3) is 41.8 Å². The van der Waals surface area contributed by atoms with Crippen LogP contribution in [0.3, 0.4) is 0 Å². The van der Waals surface area contributed by atoms with E-state index in [9.17, 15) is 19.2 Å². The fraction of sp³-hybridized carbons (Fsp3) is 0.840. The van der Waals surface area contributed by atoms with E-state index in [1.807, 2.05) is 0 Å². The maximum atomic E-state index is 12.0. The molecule has 0 radical (unpaired) electrons. The van der Waals surface area contributed by atoms with Crippen molar-refractivity contribution in [2.24, 2.45) is 25.9 Å². The fourth-order valence-electron chi connectivity index (χ4n) is 3.50. The third-order valence-corrected chi connectivity index (χ3v) is 6.23. The fourth-order valence-corrected chi connectivity index (χ4v) is 3.50. The Morgan fingerprint density at radius 2 is 0.694 bits per heavy atom. The van der Waals surface area contributed by atoms with Gasteiger partial charge in [-0.2, -0.15) is 0 Å². The summed E-state index contributed by atoms with van der Waals surface area (Å²) < 4.78 is 23.4. The number of nitrogens with one attached hydrogen (secondary N) is 4. The Hall–Kier alpha value is -5.04. The van der Waals surface area contributed by atoms with E-state index < -0.39 is 53.2 Å². The van der Waals surface area contributed by atoms with Gasteiger partial charge in [-0.1, -0.05) is 20.5 Å². The van der Waals surface area contributed by atoms with E-state index in [-0.39, 0.29) is 79.0 Å². The van der Waals surface area contributed by atoms with Crippen LogP contribution in [0, 0.1) is 5.41 Å². The first kappa shape index (κ1) is 44.0.